The van der Waals surface area contributed by atoms with Crippen molar-refractivity contribution >= 4 is 35.2 Å². The Labute approximate surface area is 461 Å². The van der Waals surface area contributed by atoms with Gasteiger partial charge in [-0.3, -0.25) is 28.9 Å². The first kappa shape index (κ1) is 62.4. The highest BCUT2D eigenvalue weighted by Crippen LogP contribution is 2.40. The molecule has 19 nitrogen and oxygen atoms in total. The number of aliphatic hydroxyl groups excluding tert-OH is 1. The third-order valence-electron chi connectivity index (χ3n) is 17.4. The Kier molecular flexibility index (Phi) is 22.9. The first-order valence-corrected chi connectivity index (χ1v) is 28.5. The Morgan fingerprint density at radius 1 is 0.872 bits per heavy atom. The quantitative estimate of drug-likeness (QED) is 0.125. The van der Waals surface area contributed by atoms with Crippen LogP contribution in [0.1, 0.15) is 150 Å². The number of methoxy groups -OCH3 is 3. The summed E-state index contributed by atoms with van der Waals surface area (Å²) in [6, 6.07) is -1.86. The zero-order valence-electron chi connectivity index (χ0n) is 47.8. The van der Waals surface area contributed by atoms with Crippen LogP contribution in [-0.2, 0) is 59.0 Å². The predicted octanol–water partition coefficient (Wildman–Crippen LogP) is 6.70. The molecule has 19 heteroatoms. The van der Waals surface area contributed by atoms with E-state index in [4.69, 9.17) is 23.7 Å². The van der Waals surface area contributed by atoms with Gasteiger partial charge in [-0.05, 0) is 126 Å². The van der Waals surface area contributed by atoms with Crippen LogP contribution in [0.5, 0.6) is 0 Å². The normalized spacial score (nSPS) is 37.8. The third kappa shape index (κ3) is 15.6. The van der Waals surface area contributed by atoms with Gasteiger partial charge in [0.1, 0.15) is 36.2 Å². The van der Waals surface area contributed by atoms with Crippen molar-refractivity contribution in [1.82, 2.24) is 24.8 Å². The Bertz CT molecular complexity index is 2370. The molecule has 1 aliphatic carbocycles. The van der Waals surface area contributed by atoms with Gasteiger partial charge in [-0.25, -0.2) is 9.48 Å². The lowest BCUT2D eigenvalue weighted by Gasteiger charge is -2.42. The number of cyclic esters (lactones) is 1. The van der Waals surface area contributed by atoms with Crippen molar-refractivity contribution in [3.05, 3.63) is 59.5 Å². The number of aliphatic carboxylic acids is 1. The number of allylic oxidation sites excluding steroid dienone is 6. The number of carboxylic acids is 1. The minimum atomic E-state index is -2.46. The molecule has 3 N–H and O–H groups in total. The number of carbonyl (C=O) groups excluding carboxylic acids is 5. The van der Waals surface area contributed by atoms with Crippen LogP contribution in [0.4, 0.5) is 0 Å². The zero-order chi connectivity index (χ0) is 57.0. The number of Topliss-reactive ketones (excluding diaryl/α,β-unsaturated/α-hetero) is 3. The van der Waals surface area contributed by atoms with Crippen molar-refractivity contribution in [2.45, 2.75) is 205 Å². The fourth-order valence-corrected chi connectivity index (χ4v) is 12.5. The third-order valence-corrected chi connectivity index (χ3v) is 17.4. The van der Waals surface area contributed by atoms with Crippen LogP contribution in [0.2, 0.25) is 0 Å². The summed E-state index contributed by atoms with van der Waals surface area (Å²) in [5.41, 5.74) is 1.92. The van der Waals surface area contributed by atoms with Gasteiger partial charge < -0.3 is 43.9 Å². The monoisotopic (exact) mass is 1090 g/mol. The largest absolute Gasteiger partial charge is 0.480 e. The van der Waals surface area contributed by atoms with Crippen molar-refractivity contribution in [2.24, 2.45) is 35.5 Å². The summed E-state index contributed by atoms with van der Waals surface area (Å²) in [7, 11) is 4.60. The second kappa shape index (κ2) is 28.6. The van der Waals surface area contributed by atoms with Gasteiger partial charge in [-0.1, -0.05) is 76.3 Å². The van der Waals surface area contributed by atoms with Gasteiger partial charge in [0.2, 0.25) is 5.79 Å². The Balaban J connectivity index is 1.26. The number of ether oxygens (including phenoxy) is 5. The van der Waals surface area contributed by atoms with Crippen LogP contribution in [0.25, 0.3) is 0 Å². The second-order valence-corrected chi connectivity index (χ2v) is 23.2. The van der Waals surface area contributed by atoms with Crippen LogP contribution in [0.15, 0.2) is 53.8 Å². The number of carbonyl (C=O) groups is 6. The van der Waals surface area contributed by atoms with Gasteiger partial charge in [0.15, 0.2) is 5.78 Å². The van der Waals surface area contributed by atoms with Crippen LogP contribution in [0, 0.1) is 35.5 Å². The number of likely N-dealkylation sites (tertiary alicyclic amines) is 1. The van der Waals surface area contributed by atoms with E-state index in [1.54, 1.807) is 41.1 Å². The van der Waals surface area contributed by atoms with Crippen LogP contribution < -0.4 is 0 Å². The number of aromatic nitrogens is 3. The van der Waals surface area contributed by atoms with Gasteiger partial charge in [0, 0.05) is 65.0 Å². The summed E-state index contributed by atoms with van der Waals surface area (Å²) < 4.78 is 32.0. The van der Waals surface area contributed by atoms with E-state index in [0.717, 1.165) is 18.4 Å². The molecule has 0 unspecified atom stereocenters. The van der Waals surface area contributed by atoms with E-state index in [9.17, 15) is 44.1 Å². The fourth-order valence-electron chi connectivity index (χ4n) is 12.5. The lowest BCUT2D eigenvalue weighted by atomic mass is 9.77. The summed E-state index contributed by atoms with van der Waals surface area (Å²) in [5, 5.41) is 42.2. The second-order valence-electron chi connectivity index (χ2n) is 23.2. The molecule has 6 rings (SSSR count). The molecule has 1 amide bonds. The minimum absolute atomic E-state index is 0.00178. The number of carboxylic acid groups (broad SMARTS) is 1. The number of fused-ring (bicyclic) bond motifs is 3. The first-order valence-electron chi connectivity index (χ1n) is 28.5. The van der Waals surface area contributed by atoms with Crippen molar-refractivity contribution in [3.63, 3.8) is 0 Å². The molecule has 4 aliphatic heterocycles. The van der Waals surface area contributed by atoms with E-state index in [1.165, 1.54) is 12.0 Å². The SMILES string of the molecule is CO[C@H]1C[C@@H]2CC[C@@H](C)[C@@](O)(O2)C(=O)C(=O)N2CCCC[C@H]2C(=O)O[C@H]([C@H](C)C[C@@H]2CC[C@H](n3cc(CN4CCC[C@@H]4C(=O)O)nn3)[C@H](OC)C2)CC(=O)[C@H](C)/C=C(\C)[C@@H](O)[C@@H](OC)C(=O)[C@H](C)C[C@H](C)/C=C/C=C/C=C/1C. The number of aliphatic hydroxyl groups is 2. The molecule has 5 heterocycles. The zero-order valence-corrected chi connectivity index (χ0v) is 47.8. The summed E-state index contributed by atoms with van der Waals surface area (Å²) in [5.74, 6) is -9.07. The highest BCUT2D eigenvalue weighted by molar-refractivity contribution is 6.39. The molecule has 78 heavy (non-hydrogen) atoms. The van der Waals surface area contributed by atoms with Gasteiger partial charge in [0.05, 0.1) is 36.2 Å². The number of hydrogen-bond acceptors (Lipinski definition) is 16. The molecular formula is C59H89N5O14. The van der Waals surface area contributed by atoms with Gasteiger partial charge in [-0.15, -0.1) is 5.10 Å². The Hall–Kier alpha value is -4.76. The lowest BCUT2D eigenvalue weighted by Crippen LogP contribution is -2.61. The topological polar surface area (TPSA) is 246 Å². The number of piperidine rings is 1. The average molecular weight is 1090 g/mol. The Morgan fingerprint density at radius 3 is 2.33 bits per heavy atom. The predicted molar refractivity (Wildman–Crippen MR) is 289 cm³/mol. The molecule has 4 fully saturated rings. The van der Waals surface area contributed by atoms with Crippen LogP contribution in [0.3, 0.4) is 0 Å². The molecule has 0 radical (unpaired) electrons. The van der Waals surface area contributed by atoms with Gasteiger partial charge >= 0.3 is 11.9 Å². The minimum Gasteiger partial charge on any atom is -0.480 e. The summed E-state index contributed by atoms with van der Waals surface area (Å²) in [6.45, 7) is 13.8. The lowest BCUT2D eigenvalue weighted by molar-refractivity contribution is -0.265. The maximum Gasteiger partial charge on any atom is 0.329 e. The summed E-state index contributed by atoms with van der Waals surface area (Å²) in [4.78, 5) is 86.7. The van der Waals surface area contributed by atoms with E-state index >= 15 is 0 Å². The average Bonchev–Trinajstić information content (AvgIpc) is 4.10. The first-order chi connectivity index (χ1) is 37.1. The van der Waals surface area contributed by atoms with Crippen molar-refractivity contribution in [3.8, 4) is 0 Å². The van der Waals surface area contributed by atoms with Crippen molar-refractivity contribution < 1.29 is 67.8 Å². The Morgan fingerprint density at radius 2 is 1.63 bits per heavy atom. The van der Waals surface area contributed by atoms with E-state index in [2.05, 4.69) is 10.3 Å². The highest BCUT2D eigenvalue weighted by Gasteiger charge is 2.53. The molecule has 16 atom stereocenters. The number of amides is 1. The number of nitrogens with zero attached hydrogens (tertiary/aromatic N) is 5. The standard InChI is InChI=1S/C59H89N5O14/c1-35-17-12-11-13-18-36(2)49(74-8)31-44-23-21-41(7)59(73,78-44)55(68)56(69)63-26-15-14-19-47(63)58(72)77-50(32-48(65)37(3)28-40(6)53(67)54(76-10)52(66)39(5)27-35)38(4)29-42-22-24-45(51(30-42)75-9)64-34-43(60-61-64)33-62-25-16-20-46(62)57(70)71/h11-13,17-18,28,34-35,37-39,41-42,44-47,49-51,53-54,67,73H,14-16,19-27,29-33H2,1-10H3,(H,70,71)/b13-11+,17-12+,36-18+,40-28+/t35-,37-,38-,39-,41-,42+,44+,45+,46-,47+,49+,50+,51-,53-,54+,59-/m1/s1. The van der Waals surface area contributed by atoms with Crippen molar-refractivity contribution in [2.75, 3.05) is 34.4 Å². The van der Waals surface area contributed by atoms with Gasteiger partial charge in [-0.2, -0.15) is 0 Å². The molecule has 1 aromatic heterocycles. The van der Waals surface area contributed by atoms with Gasteiger partial charge in [0.25, 0.3) is 11.7 Å². The molecule has 1 aromatic rings. The number of hydrogen-bond donors (Lipinski definition) is 3. The smallest absolute Gasteiger partial charge is 0.329 e. The fraction of sp³-hybridized carbons (Fsp3) is 0.729. The molecule has 3 saturated heterocycles. The van der Waals surface area contributed by atoms with Crippen molar-refractivity contribution in [1.29, 1.82) is 0 Å². The van der Waals surface area contributed by atoms with E-state index in [1.807, 2.05) is 73.9 Å². The number of esters is 1. The van der Waals surface area contributed by atoms with Crippen LogP contribution >= 0.6 is 0 Å². The molecule has 0 aromatic carbocycles. The maximum absolute atomic E-state index is 14.7. The van der Waals surface area contributed by atoms with E-state index in [-0.39, 0.29) is 60.9 Å². The summed E-state index contributed by atoms with van der Waals surface area (Å²) in [6.07, 6.45) is 15.0. The number of ketones is 3. The molecule has 0 spiro atoms. The highest BCUT2D eigenvalue weighted by atomic mass is 16.6. The molecule has 5 aliphatic rings. The van der Waals surface area contributed by atoms with Crippen LogP contribution in [-0.4, -0.2) is 164 Å². The molecule has 1 saturated carbocycles. The summed E-state index contributed by atoms with van der Waals surface area (Å²) >= 11 is 0. The maximum atomic E-state index is 14.7. The van der Waals surface area contributed by atoms with E-state index < -0.39 is 89.8 Å². The van der Waals surface area contributed by atoms with E-state index in [0.29, 0.717) is 88.6 Å². The molecule has 434 valence electrons. The molecule has 2 bridgehead atoms. The number of rotatable bonds is 10. The molecular weight excluding hydrogens is 1000 g/mol.